The van der Waals surface area contributed by atoms with Gasteiger partial charge in [-0.25, -0.2) is 4.39 Å². The van der Waals surface area contributed by atoms with Crippen molar-refractivity contribution >= 4 is 16.6 Å². The van der Waals surface area contributed by atoms with Gasteiger partial charge in [-0.15, -0.1) is 0 Å². The zero-order chi connectivity index (χ0) is 13.0. The summed E-state index contributed by atoms with van der Waals surface area (Å²) in [7, 11) is -1.17. The van der Waals surface area contributed by atoms with E-state index in [0.29, 0.717) is 5.56 Å². The van der Waals surface area contributed by atoms with Gasteiger partial charge in [0.05, 0.1) is 5.75 Å². The first-order chi connectivity index (χ1) is 7.91. The van der Waals surface area contributed by atoms with Crippen LogP contribution in [0.25, 0.3) is 0 Å². The normalized spacial score (nSPS) is 14.6. The molecular weight excluding hydrogens is 239 g/mol. The van der Waals surface area contributed by atoms with Crippen LogP contribution in [0.15, 0.2) is 24.3 Å². The van der Waals surface area contributed by atoms with Gasteiger partial charge in [0, 0.05) is 21.6 Å². The van der Waals surface area contributed by atoms with Gasteiger partial charge in [-0.05, 0) is 30.2 Å². The molecule has 0 saturated heterocycles. The maximum atomic E-state index is 12.7. The van der Waals surface area contributed by atoms with Gasteiger partial charge in [0.15, 0.2) is 5.78 Å². The first-order valence-corrected chi connectivity index (χ1v) is 6.96. The van der Waals surface area contributed by atoms with Gasteiger partial charge in [0.25, 0.3) is 0 Å². The lowest BCUT2D eigenvalue weighted by molar-refractivity contribution is 0.102. The molecule has 2 unspecified atom stereocenters. The smallest absolute Gasteiger partial charge is 0.175 e. The van der Waals surface area contributed by atoms with Crippen LogP contribution in [0.3, 0.4) is 0 Å². The van der Waals surface area contributed by atoms with E-state index in [1.807, 2.05) is 20.8 Å². The third-order valence-corrected chi connectivity index (χ3v) is 4.71. The van der Waals surface area contributed by atoms with Crippen molar-refractivity contribution in [3.63, 3.8) is 0 Å². The van der Waals surface area contributed by atoms with Crippen molar-refractivity contribution < 1.29 is 13.4 Å². The minimum Gasteiger partial charge on any atom is -0.293 e. The molecule has 0 heterocycles. The van der Waals surface area contributed by atoms with E-state index < -0.39 is 10.8 Å². The van der Waals surface area contributed by atoms with Crippen molar-refractivity contribution in [3.05, 3.63) is 35.6 Å². The number of hydrogen-bond donors (Lipinski definition) is 0. The molecule has 0 spiro atoms. The van der Waals surface area contributed by atoms with Gasteiger partial charge < -0.3 is 0 Å². The maximum Gasteiger partial charge on any atom is 0.175 e. The lowest BCUT2D eigenvalue weighted by atomic mass is 10.1. The first-order valence-electron chi connectivity index (χ1n) is 5.57. The molecule has 2 nitrogen and oxygen atoms in total. The van der Waals surface area contributed by atoms with Gasteiger partial charge in [-0.2, -0.15) is 0 Å². The minimum absolute atomic E-state index is 0.00494. The molecule has 0 aliphatic heterocycles. The first kappa shape index (κ1) is 14.0. The molecule has 17 heavy (non-hydrogen) atoms. The summed E-state index contributed by atoms with van der Waals surface area (Å²) >= 11 is 0. The zero-order valence-corrected chi connectivity index (χ0v) is 11.1. The second-order valence-corrected chi connectivity index (χ2v) is 6.20. The Balaban J connectivity index is 2.67. The number of ketones is 1. The van der Waals surface area contributed by atoms with E-state index in [0.717, 1.165) is 0 Å². The molecule has 0 aliphatic carbocycles. The zero-order valence-electron chi connectivity index (χ0n) is 10.3. The van der Waals surface area contributed by atoms with Crippen molar-refractivity contribution in [2.75, 3.05) is 5.75 Å². The molecule has 2 atom stereocenters. The molecule has 0 fully saturated rings. The van der Waals surface area contributed by atoms with E-state index in [-0.39, 0.29) is 28.5 Å². The summed E-state index contributed by atoms with van der Waals surface area (Å²) in [6.45, 7) is 5.83. The summed E-state index contributed by atoms with van der Waals surface area (Å²) in [6.07, 6.45) is 0. The number of halogens is 1. The van der Waals surface area contributed by atoms with Crippen molar-refractivity contribution in [2.45, 2.75) is 26.0 Å². The molecule has 0 amide bonds. The summed E-state index contributed by atoms with van der Waals surface area (Å²) in [5.41, 5.74) is 0.413. The Morgan fingerprint density at radius 3 is 2.24 bits per heavy atom. The Bertz CT molecular complexity index is 412. The Hall–Kier alpha value is -1.03. The predicted molar refractivity (Wildman–Crippen MR) is 68.0 cm³/mol. The van der Waals surface area contributed by atoms with E-state index in [1.54, 1.807) is 0 Å². The van der Waals surface area contributed by atoms with Crippen molar-refractivity contribution in [3.8, 4) is 0 Å². The Morgan fingerprint density at radius 1 is 1.24 bits per heavy atom. The van der Waals surface area contributed by atoms with Crippen LogP contribution in [0.5, 0.6) is 0 Å². The Kier molecular flexibility index (Phi) is 5.00. The molecular formula is C13H17FO2S. The third-order valence-electron chi connectivity index (χ3n) is 2.79. The van der Waals surface area contributed by atoms with Crippen molar-refractivity contribution in [2.24, 2.45) is 5.92 Å². The predicted octanol–water partition coefficient (Wildman–Crippen LogP) is 2.80. The number of benzene rings is 1. The maximum absolute atomic E-state index is 12.7. The second-order valence-electron chi connectivity index (χ2n) is 4.40. The third kappa shape index (κ3) is 4.04. The van der Waals surface area contributed by atoms with Crippen LogP contribution in [0, 0.1) is 11.7 Å². The highest BCUT2D eigenvalue weighted by atomic mass is 32.2. The van der Waals surface area contributed by atoms with Crippen LogP contribution in [0.2, 0.25) is 0 Å². The van der Waals surface area contributed by atoms with Crippen molar-refractivity contribution in [1.29, 1.82) is 0 Å². The molecule has 0 bridgehead atoms. The minimum atomic E-state index is -1.17. The van der Waals surface area contributed by atoms with E-state index in [2.05, 4.69) is 0 Å². The number of rotatable bonds is 5. The van der Waals surface area contributed by atoms with Crippen LogP contribution < -0.4 is 0 Å². The quantitative estimate of drug-likeness (QED) is 0.759. The number of carbonyl (C=O) groups excluding carboxylic acids is 1. The lowest BCUT2D eigenvalue weighted by Crippen LogP contribution is -2.24. The van der Waals surface area contributed by atoms with Gasteiger partial charge in [0.2, 0.25) is 0 Å². The van der Waals surface area contributed by atoms with Crippen LogP contribution >= 0.6 is 0 Å². The van der Waals surface area contributed by atoms with Crippen LogP contribution in [-0.4, -0.2) is 21.0 Å². The van der Waals surface area contributed by atoms with Gasteiger partial charge >= 0.3 is 0 Å². The highest BCUT2D eigenvalue weighted by Crippen LogP contribution is 2.11. The van der Waals surface area contributed by atoms with E-state index in [1.165, 1.54) is 24.3 Å². The largest absolute Gasteiger partial charge is 0.293 e. The molecule has 1 aromatic carbocycles. The summed E-state index contributed by atoms with van der Waals surface area (Å²) in [5.74, 6) is -0.295. The fourth-order valence-corrected chi connectivity index (χ4v) is 2.58. The fraction of sp³-hybridized carbons (Fsp3) is 0.462. The summed E-state index contributed by atoms with van der Waals surface area (Å²) in [6, 6.07) is 5.33. The summed E-state index contributed by atoms with van der Waals surface area (Å²) in [5, 5.41) is -0.0144. The molecule has 0 aromatic heterocycles. The summed E-state index contributed by atoms with van der Waals surface area (Å²) < 4.78 is 24.5. The van der Waals surface area contributed by atoms with E-state index >= 15 is 0 Å². The van der Waals surface area contributed by atoms with Gasteiger partial charge in [-0.1, -0.05) is 20.8 Å². The molecule has 0 aliphatic rings. The average Bonchev–Trinajstić information content (AvgIpc) is 2.28. The molecule has 0 N–H and O–H groups in total. The van der Waals surface area contributed by atoms with E-state index in [9.17, 15) is 13.4 Å². The Morgan fingerprint density at radius 2 is 1.76 bits per heavy atom. The molecule has 0 radical (unpaired) electrons. The second kappa shape index (κ2) is 6.05. The monoisotopic (exact) mass is 256 g/mol. The molecule has 0 saturated carbocycles. The van der Waals surface area contributed by atoms with Crippen LogP contribution in [0.1, 0.15) is 31.1 Å². The summed E-state index contributed by atoms with van der Waals surface area (Å²) in [4.78, 5) is 11.8. The number of Topliss-reactive ketones (excluding diaryl/α,β-unsaturated/α-hetero) is 1. The van der Waals surface area contributed by atoms with Gasteiger partial charge in [0.1, 0.15) is 5.82 Å². The topological polar surface area (TPSA) is 34.1 Å². The average molecular weight is 256 g/mol. The van der Waals surface area contributed by atoms with Crippen LogP contribution in [0.4, 0.5) is 4.39 Å². The SMILES string of the molecule is CC(C)C(C)S(=O)CC(=O)c1ccc(F)cc1. The van der Waals surface area contributed by atoms with E-state index in [4.69, 9.17) is 0 Å². The fourth-order valence-electron chi connectivity index (χ4n) is 1.28. The lowest BCUT2D eigenvalue weighted by Gasteiger charge is -2.14. The number of carbonyl (C=O) groups is 1. The number of hydrogen-bond acceptors (Lipinski definition) is 2. The Labute approximate surface area is 104 Å². The highest BCUT2D eigenvalue weighted by Gasteiger charge is 2.18. The van der Waals surface area contributed by atoms with Gasteiger partial charge in [-0.3, -0.25) is 9.00 Å². The standard InChI is InChI=1S/C13H17FO2S/c1-9(2)10(3)17(16)8-13(15)11-4-6-12(14)7-5-11/h4-7,9-10H,8H2,1-3H3. The van der Waals surface area contributed by atoms with Crippen LogP contribution in [-0.2, 0) is 10.8 Å². The molecule has 1 rings (SSSR count). The van der Waals surface area contributed by atoms with Crippen molar-refractivity contribution in [1.82, 2.24) is 0 Å². The molecule has 4 heteroatoms. The molecule has 94 valence electrons. The highest BCUT2D eigenvalue weighted by molar-refractivity contribution is 7.86. The molecule has 1 aromatic rings.